The summed E-state index contributed by atoms with van der Waals surface area (Å²) in [5.41, 5.74) is 0.114. The zero-order valence-corrected chi connectivity index (χ0v) is 10.6. The Morgan fingerprint density at radius 1 is 0.941 bits per heavy atom. The Labute approximate surface area is 102 Å². The molecule has 0 amide bonds. The summed E-state index contributed by atoms with van der Waals surface area (Å²) >= 11 is 0. The van der Waals surface area contributed by atoms with Crippen LogP contribution < -0.4 is 0 Å². The fraction of sp³-hybridized carbons (Fsp3) is 0.857. The van der Waals surface area contributed by atoms with Crippen LogP contribution in [0.1, 0.15) is 6.42 Å². The number of ether oxygens (including phenoxy) is 3. The molecule has 0 aromatic rings. The van der Waals surface area contributed by atoms with Gasteiger partial charge in [0.2, 0.25) is 0 Å². The maximum atomic E-state index is 5.91. The van der Waals surface area contributed by atoms with Crippen molar-refractivity contribution in [2.24, 2.45) is 29.6 Å². The molecule has 3 fully saturated rings. The zero-order valence-electron chi connectivity index (χ0n) is 10.6. The first-order valence-corrected chi connectivity index (χ1v) is 6.58. The summed E-state index contributed by atoms with van der Waals surface area (Å²) in [6.45, 7) is 0. The fourth-order valence-electron chi connectivity index (χ4n) is 5.41. The molecule has 0 heterocycles. The smallest absolute Gasteiger partial charge is 0.0849 e. The van der Waals surface area contributed by atoms with Crippen LogP contribution in [0.3, 0.4) is 0 Å². The lowest BCUT2D eigenvalue weighted by Gasteiger charge is -2.27. The average Bonchev–Trinajstić information content (AvgIpc) is 2.64. The molecular weight excluding hydrogens is 216 g/mol. The lowest BCUT2D eigenvalue weighted by molar-refractivity contribution is -0.00308. The minimum absolute atomic E-state index is 0.114. The van der Waals surface area contributed by atoms with E-state index in [1.807, 2.05) is 21.3 Å². The van der Waals surface area contributed by atoms with Crippen molar-refractivity contribution in [2.45, 2.75) is 24.2 Å². The summed E-state index contributed by atoms with van der Waals surface area (Å²) in [5.74, 6) is 3.11. The van der Waals surface area contributed by atoms with Gasteiger partial charge in [-0.1, -0.05) is 12.2 Å². The predicted molar refractivity (Wildman–Crippen MR) is 62.5 cm³/mol. The highest BCUT2D eigenvalue weighted by molar-refractivity contribution is 5.40. The first-order chi connectivity index (χ1) is 8.29. The molecule has 94 valence electrons. The third kappa shape index (κ3) is 0.937. The highest BCUT2D eigenvalue weighted by atomic mass is 16.5. The van der Waals surface area contributed by atoms with E-state index in [9.17, 15) is 0 Å². The highest BCUT2D eigenvalue weighted by Crippen LogP contribution is 2.77. The third-order valence-corrected chi connectivity index (χ3v) is 5.92. The van der Waals surface area contributed by atoms with E-state index in [1.54, 1.807) is 0 Å². The summed E-state index contributed by atoms with van der Waals surface area (Å²) in [4.78, 5) is 0. The van der Waals surface area contributed by atoms with Gasteiger partial charge in [0.1, 0.15) is 0 Å². The summed E-state index contributed by atoms with van der Waals surface area (Å²) < 4.78 is 17.3. The van der Waals surface area contributed by atoms with Gasteiger partial charge >= 0.3 is 0 Å². The van der Waals surface area contributed by atoms with Crippen molar-refractivity contribution < 1.29 is 14.2 Å². The van der Waals surface area contributed by atoms with Gasteiger partial charge in [0, 0.05) is 45.5 Å². The molecule has 0 unspecified atom stereocenters. The molecule has 0 aromatic carbocycles. The topological polar surface area (TPSA) is 27.7 Å². The van der Waals surface area contributed by atoms with E-state index >= 15 is 0 Å². The van der Waals surface area contributed by atoms with Crippen LogP contribution in [0.2, 0.25) is 0 Å². The summed E-state index contributed by atoms with van der Waals surface area (Å²) in [6.07, 6.45) is 6.50. The van der Waals surface area contributed by atoms with Gasteiger partial charge < -0.3 is 14.2 Å². The second-order valence-corrected chi connectivity index (χ2v) is 5.96. The minimum atomic E-state index is 0.114. The zero-order chi connectivity index (χ0) is 11.8. The van der Waals surface area contributed by atoms with Gasteiger partial charge in [-0.25, -0.2) is 0 Å². The molecule has 0 N–H and O–H groups in total. The van der Waals surface area contributed by atoms with Crippen molar-refractivity contribution in [2.75, 3.05) is 21.3 Å². The maximum absolute atomic E-state index is 5.91. The van der Waals surface area contributed by atoms with E-state index in [1.165, 1.54) is 0 Å². The Morgan fingerprint density at radius 3 is 2.24 bits per heavy atom. The molecule has 0 spiro atoms. The van der Waals surface area contributed by atoms with Gasteiger partial charge in [-0.3, -0.25) is 0 Å². The van der Waals surface area contributed by atoms with Gasteiger partial charge in [0.25, 0.3) is 0 Å². The van der Waals surface area contributed by atoms with Gasteiger partial charge in [-0.15, -0.1) is 0 Å². The Balaban J connectivity index is 1.74. The summed E-state index contributed by atoms with van der Waals surface area (Å²) in [7, 11) is 5.54. The van der Waals surface area contributed by atoms with E-state index in [-0.39, 0.29) is 5.60 Å². The van der Waals surface area contributed by atoms with E-state index in [0.29, 0.717) is 41.8 Å². The molecule has 0 aromatic heterocycles. The van der Waals surface area contributed by atoms with Crippen molar-refractivity contribution in [3.05, 3.63) is 12.2 Å². The van der Waals surface area contributed by atoms with E-state index in [2.05, 4.69) is 12.2 Å². The maximum Gasteiger partial charge on any atom is 0.0849 e. The first-order valence-electron chi connectivity index (χ1n) is 6.58. The van der Waals surface area contributed by atoms with Gasteiger partial charge in [0.05, 0.1) is 17.8 Å². The van der Waals surface area contributed by atoms with E-state index in [4.69, 9.17) is 14.2 Å². The lowest BCUT2D eigenvalue weighted by atomic mass is 9.85. The molecule has 0 saturated heterocycles. The van der Waals surface area contributed by atoms with Crippen molar-refractivity contribution in [1.82, 2.24) is 0 Å². The molecular formula is C14H20O3. The molecule has 3 saturated carbocycles. The second-order valence-electron chi connectivity index (χ2n) is 5.96. The quantitative estimate of drug-likeness (QED) is 0.695. The number of hydrogen-bond donors (Lipinski definition) is 0. The van der Waals surface area contributed by atoms with Gasteiger partial charge in [-0.2, -0.15) is 0 Å². The van der Waals surface area contributed by atoms with E-state index in [0.717, 1.165) is 6.42 Å². The van der Waals surface area contributed by atoms with Crippen LogP contribution in [0.25, 0.3) is 0 Å². The molecule has 4 rings (SSSR count). The minimum Gasteiger partial charge on any atom is -0.381 e. The fourth-order valence-corrected chi connectivity index (χ4v) is 5.41. The number of methoxy groups -OCH3 is 3. The van der Waals surface area contributed by atoms with Gasteiger partial charge in [-0.05, 0) is 11.8 Å². The van der Waals surface area contributed by atoms with Crippen LogP contribution in [-0.2, 0) is 14.2 Å². The number of rotatable bonds is 3. The molecule has 0 radical (unpaired) electrons. The number of fused-ring (bicyclic) bond motifs is 4. The van der Waals surface area contributed by atoms with Crippen molar-refractivity contribution in [3.63, 3.8) is 0 Å². The standard InChI is InChI=1S/C14H20O3/c1-15-9-6-10(16-2)12-11(9)7-4-5-8-13(12)14(7,8)17-3/h4-5,7-13H,6H2,1-3H3/t7-,8+,9-,10+,11+,12-,13+,14+/m1/s1. The average molecular weight is 236 g/mol. The van der Waals surface area contributed by atoms with Crippen molar-refractivity contribution in [3.8, 4) is 0 Å². The number of hydrogen-bond acceptors (Lipinski definition) is 3. The van der Waals surface area contributed by atoms with E-state index < -0.39 is 0 Å². The molecule has 8 atom stereocenters. The molecule has 0 aliphatic heterocycles. The molecule has 17 heavy (non-hydrogen) atoms. The predicted octanol–water partition coefficient (Wildman–Crippen LogP) is 1.48. The summed E-state index contributed by atoms with van der Waals surface area (Å²) in [5, 5.41) is 0. The summed E-state index contributed by atoms with van der Waals surface area (Å²) in [6, 6.07) is 0. The van der Waals surface area contributed by atoms with Crippen LogP contribution in [0.15, 0.2) is 12.2 Å². The first kappa shape index (κ1) is 10.5. The monoisotopic (exact) mass is 236 g/mol. The van der Waals surface area contributed by atoms with Crippen molar-refractivity contribution in [1.29, 1.82) is 0 Å². The van der Waals surface area contributed by atoms with Gasteiger partial charge in [0.15, 0.2) is 0 Å². The largest absolute Gasteiger partial charge is 0.381 e. The lowest BCUT2D eigenvalue weighted by Crippen LogP contribution is -2.31. The van der Waals surface area contributed by atoms with Crippen LogP contribution in [0.4, 0.5) is 0 Å². The molecule has 0 bridgehead atoms. The third-order valence-electron chi connectivity index (χ3n) is 5.92. The normalized spacial score (nSPS) is 61.7. The van der Waals surface area contributed by atoms with Crippen LogP contribution in [-0.4, -0.2) is 39.1 Å². The SMILES string of the molecule is CO[C@H]1C[C@@H](OC)[C@H]2[C@@H]1[C@@H]1[C@@H]3C=C[C@H]2[C@@]13OC. The molecule has 3 nitrogen and oxygen atoms in total. The molecule has 4 aliphatic rings. The van der Waals surface area contributed by atoms with Crippen LogP contribution in [0.5, 0.6) is 0 Å². The Bertz CT molecular complexity index is 380. The molecule has 4 aliphatic carbocycles. The highest BCUT2D eigenvalue weighted by Gasteiger charge is 2.82. The Hall–Kier alpha value is -0.380. The van der Waals surface area contributed by atoms with Crippen molar-refractivity contribution >= 4 is 0 Å². The van der Waals surface area contributed by atoms with Crippen LogP contribution in [0, 0.1) is 29.6 Å². The molecule has 3 heteroatoms. The Kier molecular flexibility index (Phi) is 1.94. The second kappa shape index (κ2) is 3.14. The van der Waals surface area contributed by atoms with Crippen LogP contribution >= 0.6 is 0 Å². The Morgan fingerprint density at radius 2 is 1.59 bits per heavy atom.